The van der Waals surface area contributed by atoms with Gasteiger partial charge >= 0.3 is 0 Å². The average Bonchev–Trinajstić information content (AvgIpc) is 3.10. The Hall–Kier alpha value is -4.20. The zero-order valence-electron chi connectivity index (χ0n) is 27.0. The minimum atomic E-state index is -4.83. The van der Waals surface area contributed by atoms with Crippen LogP contribution in [0.2, 0.25) is 0 Å². The second-order valence-electron chi connectivity index (χ2n) is 12.3. The van der Waals surface area contributed by atoms with Crippen LogP contribution in [0.1, 0.15) is 25.0 Å². The largest absolute Gasteiger partial charge is 0.455 e. The van der Waals surface area contributed by atoms with Gasteiger partial charge in [0.05, 0.1) is 0 Å². The van der Waals surface area contributed by atoms with Gasteiger partial charge in [0.1, 0.15) is 21.3 Å². The van der Waals surface area contributed by atoms with Gasteiger partial charge in [-0.2, -0.15) is 16.8 Å². The second kappa shape index (κ2) is 13.2. The molecule has 11 heteroatoms. The lowest BCUT2D eigenvalue weighted by Crippen LogP contribution is -2.35. The molecule has 7 nitrogen and oxygen atoms in total. The van der Waals surface area contributed by atoms with Gasteiger partial charge < -0.3 is 4.74 Å². The molecule has 2 N–H and O–H groups in total. The smallest absolute Gasteiger partial charge is 0.294 e. The van der Waals surface area contributed by atoms with Gasteiger partial charge in [0, 0.05) is 27.2 Å². The Balaban J connectivity index is 1.60. The van der Waals surface area contributed by atoms with E-state index in [0.29, 0.717) is 10.6 Å². The molecule has 0 amide bonds. The highest BCUT2D eigenvalue weighted by Gasteiger charge is 2.46. The van der Waals surface area contributed by atoms with E-state index >= 15 is 0 Å². The Morgan fingerprint density at radius 2 is 0.740 bits per heavy atom. The van der Waals surface area contributed by atoms with Crippen LogP contribution in [-0.4, -0.2) is 25.9 Å². The van der Waals surface area contributed by atoms with Crippen LogP contribution in [0.4, 0.5) is 0 Å². The number of hydrogen-bond acceptors (Lipinski definition) is 5. The maximum atomic E-state index is 13.1. The highest BCUT2D eigenvalue weighted by Crippen LogP contribution is 2.55. The lowest BCUT2D eigenvalue weighted by atomic mass is 9.75. The fourth-order valence-electron chi connectivity index (χ4n) is 6.67. The first-order chi connectivity index (χ1) is 23.9. The Morgan fingerprint density at radius 1 is 0.460 bits per heavy atom. The van der Waals surface area contributed by atoms with Crippen molar-refractivity contribution in [3.8, 4) is 11.5 Å². The summed E-state index contributed by atoms with van der Waals surface area (Å²) in [6.07, 6.45) is 0. The molecule has 6 aromatic carbocycles. The van der Waals surface area contributed by atoms with Crippen molar-refractivity contribution in [1.29, 1.82) is 0 Å². The van der Waals surface area contributed by atoms with Gasteiger partial charge in [-0.15, -0.1) is 0 Å². The molecule has 0 fully saturated rings. The molecule has 0 spiro atoms. The molecule has 252 valence electrons. The zero-order chi connectivity index (χ0) is 35.3. The normalized spacial score (nSPS) is 13.8. The predicted molar refractivity (Wildman–Crippen MR) is 202 cm³/mol. The minimum absolute atomic E-state index is 0.107. The van der Waals surface area contributed by atoms with Crippen LogP contribution in [0.25, 0.3) is 0 Å². The van der Waals surface area contributed by atoms with Gasteiger partial charge in [0.25, 0.3) is 20.2 Å². The molecule has 50 heavy (non-hydrogen) atoms. The van der Waals surface area contributed by atoms with Gasteiger partial charge in [0.2, 0.25) is 0 Å². The summed E-state index contributed by atoms with van der Waals surface area (Å²) in [5, 5.41) is 5.28. The molecule has 0 unspecified atom stereocenters. The molecule has 0 radical (unpaired) electrons. The van der Waals surface area contributed by atoms with Crippen LogP contribution in [0.5, 0.6) is 11.5 Å². The van der Waals surface area contributed by atoms with E-state index in [-0.39, 0.29) is 22.6 Å². The second-order valence-corrected chi connectivity index (χ2v) is 19.4. The first-order valence-corrected chi connectivity index (χ1v) is 21.2. The monoisotopic (exact) mass is 738 g/mol. The number of benzene rings is 6. The minimum Gasteiger partial charge on any atom is -0.455 e. The molecule has 1 heterocycles. The first kappa shape index (κ1) is 34.3. The molecule has 0 atom stereocenters. The van der Waals surface area contributed by atoms with Crippen molar-refractivity contribution in [3.05, 3.63) is 157 Å². The van der Waals surface area contributed by atoms with Crippen molar-refractivity contribution in [2.45, 2.75) is 29.1 Å². The molecule has 6 aromatic rings. The Kier molecular flexibility index (Phi) is 9.02. The summed E-state index contributed by atoms with van der Waals surface area (Å²) in [5.74, 6) is 0.447. The molecular formula is C39H32O7P2S2. The van der Waals surface area contributed by atoms with Crippen LogP contribution >= 0.6 is 15.8 Å². The lowest BCUT2D eigenvalue weighted by molar-refractivity contribution is 0.405. The first-order valence-electron chi connectivity index (χ1n) is 15.7. The maximum Gasteiger partial charge on any atom is 0.294 e. The van der Waals surface area contributed by atoms with Crippen LogP contribution in [0.3, 0.4) is 0 Å². The molecule has 7 rings (SSSR count). The average molecular weight is 739 g/mol. The number of rotatable bonds is 8. The highest BCUT2D eigenvalue weighted by molar-refractivity contribution is 7.86. The van der Waals surface area contributed by atoms with Gasteiger partial charge in [-0.05, 0) is 61.3 Å². The summed E-state index contributed by atoms with van der Waals surface area (Å²) in [6, 6.07) is 45.4. The van der Waals surface area contributed by atoms with E-state index in [1.807, 2.05) is 121 Å². The van der Waals surface area contributed by atoms with E-state index in [4.69, 9.17) is 4.74 Å². The van der Waals surface area contributed by atoms with Crippen molar-refractivity contribution in [1.82, 2.24) is 0 Å². The Bertz CT molecular complexity index is 2170. The third-order valence-corrected chi connectivity index (χ3v) is 15.5. The summed E-state index contributed by atoms with van der Waals surface area (Å²) in [4.78, 5) is -0.800. The topological polar surface area (TPSA) is 118 Å². The quantitative estimate of drug-likeness (QED) is 0.143. The number of ether oxygens (including phenoxy) is 1. The predicted octanol–water partition coefficient (Wildman–Crippen LogP) is 6.13. The fraction of sp³-hybridized carbons (Fsp3) is 0.0769. The van der Waals surface area contributed by atoms with E-state index in [9.17, 15) is 25.9 Å². The summed E-state index contributed by atoms with van der Waals surface area (Å²) in [7, 11) is -12.4. The van der Waals surface area contributed by atoms with Crippen LogP contribution in [-0.2, 0) is 25.7 Å². The lowest BCUT2D eigenvalue weighted by Gasteiger charge is -2.40. The molecule has 1 aliphatic rings. The van der Waals surface area contributed by atoms with Gasteiger partial charge in [-0.1, -0.05) is 135 Å². The molecule has 0 saturated carbocycles. The molecule has 0 saturated heterocycles. The molecule has 0 bridgehead atoms. The summed E-state index contributed by atoms with van der Waals surface area (Å²) >= 11 is 0. The molecular weight excluding hydrogens is 707 g/mol. The van der Waals surface area contributed by atoms with E-state index in [0.717, 1.165) is 21.2 Å². The Labute approximate surface area is 294 Å². The van der Waals surface area contributed by atoms with Crippen molar-refractivity contribution < 1.29 is 30.7 Å². The summed E-state index contributed by atoms with van der Waals surface area (Å²) in [5.41, 5.74) is -1.20. The van der Waals surface area contributed by atoms with Crippen molar-refractivity contribution >= 4 is 67.9 Å². The van der Waals surface area contributed by atoms with Gasteiger partial charge in [-0.3, -0.25) is 9.11 Å². The maximum absolute atomic E-state index is 13.1. The number of fused-ring (bicyclic) bond motifs is 2. The highest BCUT2D eigenvalue weighted by atomic mass is 32.2. The molecule has 0 aliphatic carbocycles. The van der Waals surface area contributed by atoms with E-state index < -0.39 is 51.3 Å². The standard InChI is InChI=1S/C39H32O7P2S2/c1-39(2)35-33(49(40,41)42)25-23-31(47(27-15-7-3-8-16-27)28-17-9-4-10-18-28)37(35)46-38-32(24-26-34(36(38)39)50(43,44)45)48(29-19-11-5-12-20-29)30-21-13-6-14-22-30/h3-26H,1-2H3,(H,40,41,42)(H,43,44,45). The van der Waals surface area contributed by atoms with Crippen LogP contribution in [0, 0.1) is 0 Å². The van der Waals surface area contributed by atoms with Gasteiger partial charge in [-0.25, -0.2) is 0 Å². The zero-order valence-corrected chi connectivity index (χ0v) is 30.4. The van der Waals surface area contributed by atoms with E-state index in [2.05, 4.69) is 0 Å². The Morgan fingerprint density at radius 3 is 1.00 bits per heavy atom. The molecule has 0 aromatic heterocycles. The van der Waals surface area contributed by atoms with Crippen molar-refractivity contribution in [3.63, 3.8) is 0 Å². The third kappa shape index (κ3) is 6.20. The van der Waals surface area contributed by atoms with Crippen molar-refractivity contribution in [2.75, 3.05) is 0 Å². The van der Waals surface area contributed by atoms with Gasteiger partial charge in [0.15, 0.2) is 0 Å². The van der Waals surface area contributed by atoms with Crippen molar-refractivity contribution in [2.24, 2.45) is 0 Å². The fourth-order valence-corrected chi connectivity index (χ4v) is 13.1. The summed E-state index contributed by atoms with van der Waals surface area (Å²) in [6.45, 7) is 3.40. The van der Waals surface area contributed by atoms with E-state index in [1.165, 1.54) is 12.1 Å². The molecule has 1 aliphatic heterocycles. The van der Waals surface area contributed by atoms with E-state index in [1.54, 1.807) is 26.0 Å². The summed E-state index contributed by atoms with van der Waals surface area (Å²) < 4.78 is 80.6. The van der Waals surface area contributed by atoms with Crippen LogP contribution < -0.4 is 36.6 Å². The SMILES string of the molecule is CC1(C)c2c(S(=O)(=O)O)ccc(P(c3ccccc3)c3ccccc3)c2Oc2c(P(c3ccccc3)c3ccccc3)ccc(S(=O)(=O)O)c21. The van der Waals surface area contributed by atoms with Crippen LogP contribution in [0.15, 0.2) is 155 Å². The number of hydrogen-bond donors (Lipinski definition) is 2. The third-order valence-electron chi connectivity index (χ3n) is 8.75.